The van der Waals surface area contributed by atoms with Crippen LogP contribution in [0.2, 0.25) is 0 Å². The van der Waals surface area contributed by atoms with Crippen LogP contribution in [0.4, 0.5) is 17.1 Å². The first-order valence-electron chi connectivity index (χ1n) is 8.09. The third-order valence-corrected chi connectivity index (χ3v) is 5.32. The maximum atomic E-state index is 12.8. The first kappa shape index (κ1) is 19.0. The Morgan fingerprint density at radius 1 is 0.889 bits per heavy atom. The molecule has 1 saturated heterocycles. The van der Waals surface area contributed by atoms with E-state index in [1.165, 1.54) is 24.3 Å². The van der Waals surface area contributed by atoms with E-state index in [2.05, 4.69) is 0 Å². The number of nitro benzene ring substituents is 2. The van der Waals surface area contributed by atoms with Crippen LogP contribution in [-0.4, -0.2) is 46.8 Å². The van der Waals surface area contributed by atoms with E-state index in [1.54, 1.807) is 23.1 Å². The van der Waals surface area contributed by atoms with Crippen molar-refractivity contribution >= 4 is 45.6 Å². The highest BCUT2D eigenvalue weighted by molar-refractivity contribution is 14.1. The molecule has 3 rings (SSSR count). The minimum absolute atomic E-state index is 0.0350. The lowest BCUT2D eigenvalue weighted by Crippen LogP contribution is -2.49. The van der Waals surface area contributed by atoms with Gasteiger partial charge in [0, 0.05) is 59.7 Å². The standard InChI is InChI=1S/C17H15IN4O5/c18-16-6-5-14(22(26)27)11-15(16)17(23)20-9-7-19(8-10-20)12-1-3-13(4-2-12)21(24)25/h1-6,11H,7-10H2. The summed E-state index contributed by atoms with van der Waals surface area (Å²) in [5.41, 5.74) is 1.11. The van der Waals surface area contributed by atoms with Crippen LogP contribution >= 0.6 is 22.6 Å². The number of anilines is 1. The van der Waals surface area contributed by atoms with Crippen molar-refractivity contribution in [3.63, 3.8) is 0 Å². The third-order valence-electron chi connectivity index (χ3n) is 4.38. The van der Waals surface area contributed by atoms with E-state index in [0.717, 1.165) is 5.69 Å². The average molecular weight is 482 g/mol. The molecule has 1 aliphatic heterocycles. The monoisotopic (exact) mass is 482 g/mol. The largest absolute Gasteiger partial charge is 0.368 e. The van der Waals surface area contributed by atoms with Crippen molar-refractivity contribution in [2.75, 3.05) is 31.1 Å². The van der Waals surface area contributed by atoms with Gasteiger partial charge in [-0.2, -0.15) is 0 Å². The number of rotatable bonds is 4. The smallest absolute Gasteiger partial charge is 0.270 e. The summed E-state index contributed by atoms with van der Waals surface area (Å²) in [7, 11) is 0. The van der Waals surface area contributed by atoms with Crippen molar-refractivity contribution in [3.05, 3.63) is 71.8 Å². The summed E-state index contributed by atoms with van der Waals surface area (Å²) in [6.07, 6.45) is 0. The Bertz CT molecular complexity index is 895. The Morgan fingerprint density at radius 2 is 1.44 bits per heavy atom. The fraction of sp³-hybridized carbons (Fsp3) is 0.235. The van der Waals surface area contributed by atoms with E-state index >= 15 is 0 Å². The predicted molar refractivity (Wildman–Crippen MR) is 107 cm³/mol. The number of halogens is 1. The van der Waals surface area contributed by atoms with Crippen LogP contribution in [0.3, 0.4) is 0 Å². The van der Waals surface area contributed by atoms with Gasteiger partial charge in [-0.25, -0.2) is 0 Å². The van der Waals surface area contributed by atoms with Crippen LogP contribution in [-0.2, 0) is 0 Å². The topological polar surface area (TPSA) is 110 Å². The zero-order valence-electron chi connectivity index (χ0n) is 14.1. The second-order valence-corrected chi connectivity index (χ2v) is 7.14. The van der Waals surface area contributed by atoms with Gasteiger partial charge >= 0.3 is 0 Å². The van der Waals surface area contributed by atoms with Crippen molar-refractivity contribution in [2.45, 2.75) is 0 Å². The van der Waals surface area contributed by atoms with E-state index in [4.69, 9.17) is 0 Å². The lowest BCUT2D eigenvalue weighted by Gasteiger charge is -2.36. The van der Waals surface area contributed by atoms with E-state index < -0.39 is 9.85 Å². The minimum atomic E-state index is -0.514. The molecule has 2 aromatic rings. The lowest BCUT2D eigenvalue weighted by atomic mass is 10.1. The number of carbonyl (C=O) groups excluding carboxylic acids is 1. The molecule has 0 spiro atoms. The van der Waals surface area contributed by atoms with Crippen LogP contribution in [0, 0.1) is 23.8 Å². The van der Waals surface area contributed by atoms with Crippen LogP contribution in [0.1, 0.15) is 10.4 Å². The number of hydrogen-bond acceptors (Lipinski definition) is 6. The molecular formula is C17H15IN4O5. The van der Waals surface area contributed by atoms with Crippen molar-refractivity contribution in [2.24, 2.45) is 0 Å². The van der Waals surface area contributed by atoms with Gasteiger partial charge in [0.2, 0.25) is 0 Å². The molecule has 0 radical (unpaired) electrons. The van der Waals surface area contributed by atoms with Gasteiger partial charge in [0.15, 0.2) is 0 Å². The Kier molecular flexibility index (Phi) is 5.54. The highest BCUT2D eigenvalue weighted by Crippen LogP contribution is 2.24. The van der Waals surface area contributed by atoms with Crippen molar-refractivity contribution in [1.82, 2.24) is 4.90 Å². The number of amides is 1. The second-order valence-electron chi connectivity index (χ2n) is 5.97. The van der Waals surface area contributed by atoms with Crippen LogP contribution in [0.15, 0.2) is 42.5 Å². The normalized spacial score (nSPS) is 14.1. The number of carbonyl (C=O) groups is 1. The molecule has 10 heteroatoms. The molecule has 9 nitrogen and oxygen atoms in total. The molecule has 0 aliphatic carbocycles. The Morgan fingerprint density at radius 3 is 2.00 bits per heavy atom. The number of hydrogen-bond donors (Lipinski definition) is 0. The van der Waals surface area contributed by atoms with Crippen LogP contribution < -0.4 is 4.90 Å². The van der Waals surface area contributed by atoms with Gasteiger partial charge in [-0.05, 0) is 40.8 Å². The van der Waals surface area contributed by atoms with Gasteiger partial charge in [-0.3, -0.25) is 25.0 Å². The van der Waals surface area contributed by atoms with Crippen molar-refractivity contribution < 1.29 is 14.6 Å². The molecule has 0 saturated carbocycles. The van der Waals surface area contributed by atoms with Gasteiger partial charge in [-0.1, -0.05) is 0 Å². The SMILES string of the molecule is O=C(c1cc([N+](=O)[O-])ccc1I)N1CCN(c2ccc([N+](=O)[O-])cc2)CC1. The lowest BCUT2D eigenvalue weighted by molar-refractivity contribution is -0.385. The number of non-ortho nitro benzene ring substituents is 2. The molecule has 1 aliphatic rings. The van der Waals surface area contributed by atoms with Gasteiger partial charge < -0.3 is 9.80 Å². The van der Waals surface area contributed by atoms with E-state index in [0.29, 0.717) is 35.3 Å². The summed E-state index contributed by atoms with van der Waals surface area (Å²) in [4.78, 5) is 37.2. The number of piperazine rings is 1. The molecule has 140 valence electrons. The zero-order chi connectivity index (χ0) is 19.6. The zero-order valence-corrected chi connectivity index (χ0v) is 16.2. The fourth-order valence-corrected chi connectivity index (χ4v) is 3.48. The summed E-state index contributed by atoms with van der Waals surface area (Å²) in [5.74, 6) is -0.230. The molecule has 2 aromatic carbocycles. The Hall–Kier alpha value is -2.76. The summed E-state index contributed by atoms with van der Waals surface area (Å²) in [6.45, 7) is 2.09. The van der Waals surface area contributed by atoms with E-state index in [-0.39, 0.29) is 17.3 Å². The van der Waals surface area contributed by atoms with E-state index in [9.17, 15) is 25.0 Å². The molecule has 0 aromatic heterocycles. The summed E-state index contributed by atoms with van der Waals surface area (Å²) in [5, 5.41) is 21.7. The summed E-state index contributed by atoms with van der Waals surface area (Å²) in [6, 6.07) is 10.6. The van der Waals surface area contributed by atoms with Crippen LogP contribution in [0.25, 0.3) is 0 Å². The van der Waals surface area contributed by atoms with Gasteiger partial charge in [0.1, 0.15) is 0 Å². The van der Waals surface area contributed by atoms with Gasteiger partial charge in [0.05, 0.1) is 15.4 Å². The number of benzene rings is 2. The minimum Gasteiger partial charge on any atom is -0.368 e. The molecule has 0 atom stereocenters. The third kappa shape index (κ3) is 4.15. The molecule has 0 unspecified atom stereocenters. The summed E-state index contributed by atoms with van der Waals surface area (Å²) < 4.78 is 0.668. The maximum Gasteiger partial charge on any atom is 0.270 e. The van der Waals surface area contributed by atoms with E-state index in [1.807, 2.05) is 27.5 Å². The Labute approximate surface area is 168 Å². The molecule has 0 N–H and O–H groups in total. The first-order chi connectivity index (χ1) is 12.9. The molecule has 1 heterocycles. The van der Waals surface area contributed by atoms with Crippen molar-refractivity contribution in [1.29, 1.82) is 0 Å². The average Bonchev–Trinajstić information content (AvgIpc) is 2.68. The quantitative estimate of drug-likeness (QED) is 0.377. The highest BCUT2D eigenvalue weighted by Gasteiger charge is 2.25. The molecule has 27 heavy (non-hydrogen) atoms. The molecular weight excluding hydrogens is 467 g/mol. The Balaban J connectivity index is 1.68. The van der Waals surface area contributed by atoms with Gasteiger partial charge in [0.25, 0.3) is 17.3 Å². The highest BCUT2D eigenvalue weighted by atomic mass is 127. The number of nitro groups is 2. The molecule has 1 fully saturated rings. The molecule has 0 bridgehead atoms. The summed E-state index contributed by atoms with van der Waals surface area (Å²) >= 11 is 2.00. The number of nitrogens with zero attached hydrogens (tertiary/aromatic N) is 4. The van der Waals surface area contributed by atoms with Crippen LogP contribution in [0.5, 0.6) is 0 Å². The maximum absolute atomic E-state index is 12.8. The van der Waals surface area contributed by atoms with Gasteiger partial charge in [-0.15, -0.1) is 0 Å². The first-order valence-corrected chi connectivity index (χ1v) is 9.17. The van der Waals surface area contributed by atoms with Crippen molar-refractivity contribution in [3.8, 4) is 0 Å². The second kappa shape index (κ2) is 7.86. The fourth-order valence-electron chi connectivity index (χ4n) is 2.91. The predicted octanol–water partition coefficient (Wildman–Crippen LogP) is 3.07. The molecule has 1 amide bonds.